The van der Waals surface area contributed by atoms with E-state index in [2.05, 4.69) is 15.0 Å². The number of nitrogens with zero attached hydrogens (tertiary/aromatic N) is 5. The highest BCUT2D eigenvalue weighted by molar-refractivity contribution is 6.13. The minimum atomic E-state index is -0.695. The Morgan fingerprint density at radius 2 is 1.70 bits per heavy atom. The van der Waals surface area contributed by atoms with Crippen molar-refractivity contribution in [3.63, 3.8) is 0 Å². The zero-order valence-electron chi connectivity index (χ0n) is 17.7. The fourth-order valence-corrected chi connectivity index (χ4v) is 3.65. The summed E-state index contributed by atoms with van der Waals surface area (Å²) in [4.78, 5) is 41.7. The number of rotatable bonds is 3. The predicted octanol–water partition coefficient (Wildman–Crippen LogP) is 3.50. The molecule has 3 heterocycles. The van der Waals surface area contributed by atoms with E-state index < -0.39 is 5.41 Å². The van der Waals surface area contributed by atoms with Gasteiger partial charge in [0, 0.05) is 38.2 Å². The second-order valence-electron chi connectivity index (χ2n) is 8.15. The molecule has 0 saturated heterocycles. The van der Waals surface area contributed by atoms with Crippen molar-refractivity contribution in [1.82, 2.24) is 19.9 Å². The van der Waals surface area contributed by atoms with Gasteiger partial charge in [-0.1, -0.05) is 12.1 Å². The van der Waals surface area contributed by atoms with Gasteiger partial charge in [-0.15, -0.1) is 0 Å². The molecule has 2 aromatic heterocycles. The maximum Gasteiger partial charge on any atom is 0.254 e. The van der Waals surface area contributed by atoms with E-state index in [1.54, 1.807) is 43.7 Å². The summed E-state index contributed by atoms with van der Waals surface area (Å²) in [6.45, 7) is 5.65. The zero-order chi connectivity index (χ0) is 21.6. The summed E-state index contributed by atoms with van der Waals surface area (Å²) < 4.78 is 0. The van der Waals surface area contributed by atoms with Crippen molar-refractivity contribution in [2.75, 3.05) is 19.0 Å². The minimum Gasteiger partial charge on any atom is -0.345 e. The van der Waals surface area contributed by atoms with Crippen molar-refractivity contribution in [3.05, 3.63) is 66.0 Å². The van der Waals surface area contributed by atoms with Gasteiger partial charge < -0.3 is 4.90 Å². The third kappa shape index (κ3) is 3.12. The van der Waals surface area contributed by atoms with Crippen molar-refractivity contribution in [1.29, 1.82) is 0 Å². The Hall–Kier alpha value is -3.61. The van der Waals surface area contributed by atoms with Crippen LogP contribution in [0.4, 0.5) is 11.4 Å². The summed E-state index contributed by atoms with van der Waals surface area (Å²) in [6.07, 6.45) is 6.66. The summed E-state index contributed by atoms with van der Waals surface area (Å²) in [5, 5.41) is 0. The molecule has 0 radical (unpaired) electrons. The van der Waals surface area contributed by atoms with E-state index in [9.17, 15) is 9.59 Å². The number of aromatic nitrogens is 3. The van der Waals surface area contributed by atoms with Crippen LogP contribution in [0.2, 0.25) is 0 Å². The quantitative estimate of drug-likeness (QED) is 0.671. The van der Waals surface area contributed by atoms with Gasteiger partial charge in [-0.2, -0.15) is 0 Å². The van der Waals surface area contributed by atoms with Gasteiger partial charge in [0.15, 0.2) is 0 Å². The molecule has 0 N–H and O–H groups in total. The van der Waals surface area contributed by atoms with Gasteiger partial charge in [-0.05, 0) is 44.0 Å². The van der Waals surface area contributed by atoms with Crippen LogP contribution in [0.25, 0.3) is 11.1 Å². The number of aryl methyl sites for hydroxylation is 1. The van der Waals surface area contributed by atoms with Crippen LogP contribution in [0, 0.1) is 6.92 Å². The first-order valence-corrected chi connectivity index (χ1v) is 9.65. The number of carbonyl (C=O) groups is 2. The fraction of sp³-hybridized carbons (Fsp3) is 0.261. The molecule has 7 nitrogen and oxygen atoms in total. The number of carbonyl (C=O) groups excluding carboxylic acids is 2. The summed E-state index contributed by atoms with van der Waals surface area (Å²) in [5.41, 5.74) is 3.79. The van der Waals surface area contributed by atoms with E-state index in [4.69, 9.17) is 0 Å². The van der Waals surface area contributed by atoms with E-state index in [0.29, 0.717) is 17.1 Å². The molecule has 152 valence electrons. The average Bonchev–Trinajstić information content (AvgIpc) is 2.93. The molecule has 0 saturated carbocycles. The van der Waals surface area contributed by atoms with Crippen LogP contribution in [0.15, 0.2) is 49.1 Å². The first-order valence-electron chi connectivity index (χ1n) is 9.65. The minimum absolute atomic E-state index is 0.0638. The molecule has 0 atom stereocenters. The second kappa shape index (κ2) is 7.02. The molecule has 0 fully saturated rings. The first kappa shape index (κ1) is 19.7. The Labute approximate surface area is 175 Å². The van der Waals surface area contributed by atoms with Gasteiger partial charge in [-0.25, -0.2) is 9.97 Å². The molecule has 1 aromatic carbocycles. The lowest BCUT2D eigenvalue weighted by molar-refractivity contribution is -0.121. The highest BCUT2D eigenvalue weighted by Gasteiger charge is 2.44. The van der Waals surface area contributed by atoms with E-state index >= 15 is 0 Å². The second-order valence-corrected chi connectivity index (χ2v) is 8.15. The van der Waals surface area contributed by atoms with Crippen LogP contribution in [-0.2, 0) is 10.2 Å². The summed E-state index contributed by atoms with van der Waals surface area (Å²) in [7, 11) is 3.37. The molecular formula is C23H23N5O2. The number of fused-ring (bicyclic) bond motifs is 1. The van der Waals surface area contributed by atoms with Gasteiger partial charge in [-0.3, -0.25) is 19.5 Å². The van der Waals surface area contributed by atoms with Crippen LogP contribution in [-0.4, -0.2) is 45.8 Å². The summed E-state index contributed by atoms with van der Waals surface area (Å²) >= 11 is 0. The molecule has 0 unspecified atom stereocenters. The number of anilines is 2. The Bertz CT molecular complexity index is 1150. The number of benzene rings is 1. The first-order chi connectivity index (χ1) is 14.2. The molecule has 0 bridgehead atoms. The molecular weight excluding hydrogens is 378 g/mol. The van der Waals surface area contributed by atoms with E-state index in [1.165, 1.54) is 11.1 Å². The normalized spacial score (nSPS) is 14.6. The number of hydrogen-bond acceptors (Lipinski definition) is 5. The van der Waals surface area contributed by atoms with Gasteiger partial charge >= 0.3 is 0 Å². The Kier molecular flexibility index (Phi) is 4.61. The van der Waals surface area contributed by atoms with Crippen molar-refractivity contribution < 1.29 is 9.59 Å². The lowest BCUT2D eigenvalue weighted by atomic mass is 9.85. The fourth-order valence-electron chi connectivity index (χ4n) is 3.65. The SMILES string of the molecule is Cc1ncc(-c2ccc3c(c2)N(c2cncc(C(=O)N(C)C)c2)C(=O)C3(C)C)cn1. The van der Waals surface area contributed by atoms with E-state index in [0.717, 1.165) is 22.4 Å². The van der Waals surface area contributed by atoms with Gasteiger partial charge in [0.05, 0.1) is 28.6 Å². The Morgan fingerprint density at radius 3 is 2.37 bits per heavy atom. The van der Waals surface area contributed by atoms with Gasteiger partial charge in [0.25, 0.3) is 5.91 Å². The molecule has 4 rings (SSSR count). The maximum atomic E-state index is 13.4. The maximum absolute atomic E-state index is 13.4. The van der Waals surface area contributed by atoms with Crippen LogP contribution < -0.4 is 4.90 Å². The molecule has 1 aliphatic rings. The number of hydrogen-bond donors (Lipinski definition) is 0. The third-order valence-corrected chi connectivity index (χ3v) is 5.40. The van der Waals surface area contributed by atoms with Crippen molar-refractivity contribution >= 4 is 23.2 Å². The molecule has 2 amide bonds. The number of pyridine rings is 1. The highest BCUT2D eigenvalue weighted by Crippen LogP contribution is 2.46. The highest BCUT2D eigenvalue weighted by atomic mass is 16.2. The van der Waals surface area contributed by atoms with Crippen LogP contribution in [0.1, 0.15) is 35.6 Å². The predicted molar refractivity (Wildman–Crippen MR) is 115 cm³/mol. The van der Waals surface area contributed by atoms with Crippen molar-refractivity contribution in [2.24, 2.45) is 0 Å². The van der Waals surface area contributed by atoms with Crippen LogP contribution >= 0.6 is 0 Å². The van der Waals surface area contributed by atoms with Gasteiger partial charge in [0.2, 0.25) is 5.91 Å². The van der Waals surface area contributed by atoms with E-state index in [1.807, 2.05) is 39.0 Å². The van der Waals surface area contributed by atoms with Gasteiger partial charge in [0.1, 0.15) is 5.82 Å². The largest absolute Gasteiger partial charge is 0.345 e. The molecule has 0 spiro atoms. The monoisotopic (exact) mass is 401 g/mol. The summed E-state index contributed by atoms with van der Waals surface area (Å²) in [5.74, 6) is 0.471. The number of amides is 2. The third-order valence-electron chi connectivity index (χ3n) is 5.40. The summed E-state index contributed by atoms with van der Waals surface area (Å²) in [6, 6.07) is 7.64. The molecule has 3 aromatic rings. The molecule has 0 aliphatic carbocycles. The Morgan fingerprint density at radius 1 is 1.00 bits per heavy atom. The average molecular weight is 401 g/mol. The topological polar surface area (TPSA) is 79.3 Å². The smallest absolute Gasteiger partial charge is 0.254 e. The molecule has 30 heavy (non-hydrogen) atoms. The molecule has 1 aliphatic heterocycles. The standard InChI is InChI=1S/C23H23N5O2/c1-14-25-11-17(12-26-14)15-6-7-19-20(9-15)28(22(30)23(19,2)3)18-8-16(10-24-13-18)21(29)27(4)5/h6-13H,1-5H3. The lowest BCUT2D eigenvalue weighted by Crippen LogP contribution is -2.33. The van der Waals surface area contributed by atoms with E-state index in [-0.39, 0.29) is 11.8 Å². The van der Waals surface area contributed by atoms with Crippen molar-refractivity contribution in [2.45, 2.75) is 26.2 Å². The van der Waals surface area contributed by atoms with Crippen LogP contribution in [0.3, 0.4) is 0 Å². The zero-order valence-corrected chi connectivity index (χ0v) is 17.7. The van der Waals surface area contributed by atoms with Crippen LogP contribution in [0.5, 0.6) is 0 Å². The Balaban J connectivity index is 1.84. The van der Waals surface area contributed by atoms with Crippen molar-refractivity contribution in [3.8, 4) is 11.1 Å². The molecule has 7 heteroatoms. The lowest BCUT2D eigenvalue weighted by Gasteiger charge is -2.21.